The number of nitrogens with one attached hydrogen (secondary N) is 1. The number of pyridine rings is 1. The van der Waals surface area contributed by atoms with Gasteiger partial charge < -0.3 is 29.9 Å². The Labute approximate surface area is 219 Å². The number of methoxy groups -OCH3 is 1. The molecule has 2 unspecified atom stereocenters. The third-order valence-electron chi connectivity index (χ3n) is 6.17. The Kier molecular flexibility index (Phi) is 7.84. The molecule has 2 aromatic heterocycles. The standard InChI is InChI=1S/C26H32N4O6S/c1-13(2)23(31)24(32)30-11-16(9-21(30)25(33)34)36-22-10-19(20-12-37-26(29-20)27-14(3)4)28-18-8-15(35-5)6-7-17(18)22/h6-8,10,12-14,16,21,23,31H,9,11H2,1-5H3,(H,27,29)(H,33,34)/t16?,21?,23-/m0/s1. The van der Waals surface area contributed by atoms with Crippen LogP contribution in [-0.4, -0.2) is 74.9 Å². The maximum atomic E-state index is 12.8. The normalized spacial score (nSPS) is 18.4. The number of aliphatic carboxylic acids is 1. The summed E-state index contributed by atoms with van der Waals surface area (Å²) in [5.41, 5.74) is 1.91. The van der Waals surface area contributed by atoms with Crippen molar-refractivity contribution in [1.82, 2.24) is 14.9 Å². The Morgan fingerprint density at radius 3 is 2.57 bits per heavy atom. The SMILES string of the molecule is COc1ccc2c(OC3CC(C(=O)O)N(C(=O)[C@@H](O)C(C)C)C3)cc(-c3csc(NC(C)C)n3)nc2c1. The zero-order chi connectivity index (χ0) is 26.9. The molecule has 11 heteroatoms. The number of anilines is 1. The van der Waals surface area contributed by atoms with Gasteiger partial charge in [0.15, 0.2) is 5.13 Å². The third-order valence-corrected chi connectivity index (χ3v) is 6.94. The summed E-state index contributed by atoms with van der Waals surface area (Å²) >= 11 is 1.48. The van der Waals surface area contributed by atoms with Crippen molar-refractivity contribution in [2.75, 3.05) is 19.0 Å². The number of aromatic nitrogens is 2. The topological polar surface area (TPSA) is 134 Å². The summed E-state index contributed by atoms with van der Waals surface area (Å²) in [6.07, 6.45) is -1.77. The molecule has 3 atom stereocenters. The summed E-state index contributed by atoms with van der Waals surface area (Å²) in [6, 6.07) is 6.37. The van der Waals surface area contributed by atoms with Crippen molar-refractivity contribution in [3.8, 4) is 22.9 Å². The predicted octanol–water partition coefficient (Wildman–Crippen LogP) is 3.64. The molecule has 3 heterocycles. The summed E-state index contributed by atoms with van der Waals surface area (Å²) in [7, 11) is 1.58. The highest BCUT2D eigenvalue weighted by molar-refractivity contribution is 7.14. The summed E-state index contributed by atoms with van der Waals surface area (Å²) in [5, 5.41) is 26.7. The number of carboxylic acids is 1. The second kappa shape index (κ2) is 10.9. The number of fused-ring (bicyclic) bond motifs is 1. The van der Waals surface area contributed by atoms with Gasteiger partial charge in [0.1, 0.15) is 35.4 Å². The first-order valence-corrected chi connectivity index (χ1v) is 13.0. The molecule has 10 nitrogen and oxygen atoms in total. The Balaban J connectivity index is 1.68. The average molecular weight is 529 g/mol. The van der Waals surface area contributed by atoms with Crippen LogP contribution in [0.15, 0.2) is 29.6 Å². The summed E-state index contributed by atoms with van der Waals surface area (Å²) in [4.78, 5) is 35.4. The van der Waals surface area contributed by atoms with Gasteiger partial charge in [0.25, 0.3) is 5.91 Å². The monoisotopic (exact) mass is 528 g/mol. The smallest absolute Gasteiger partial charge is 0.326 e. The molecule has 1 aliphatic heterocycles. The van der Waals surface area contributed by atoms with Crippen LogP contribution in [-0.2, 0) is 9.59 Å². The number of amides is 1. The summed E-state index contributed by atoms with van der Waals surface area (Å²) in [5.74, 6) is -0.937. The first-order chi connectivity index (χ1) is 17.6. The van der Waals surface area contributed by atoms with E-state index in [1.807, 2.05) is 25.3 Å². The molecule has 3 N–H and O–H groups in total. The van der Waals surface area contributed by atoms with Crippen molar-refractivity contribution in [3.63, 3.8) is 0 Å². The number of carbonyl (C=O) groups excluding carboxylic acids is 1. The lowest BCUT2D eigenvalue weighted by Gasteiger charge is -2.25. The molecule has 3 aromatic rings. The molecule has 0 bridgehead atoms. The van der Waals surface area contributed by atoms with Crippen LogP contribution in [0.25, 0.3) is 22.3 Å². The van der Waals surface area contributed by atoms with Crippen LogP contribution in [0.4, 0.5) is 5.13 Å². The summed E-state index contributed by atoms with van der Waals surface area (Å²) < 4.78 is 11.7. The first-order valence-electron chi connectivity index (χ1n) is 12.2. The van der Waals surface area contributed by atoms with Gasteiger partial charge in [0.05, 0.1) is 24.9 Å². The molecule has 37 heavy (non-hydrogen) atoms. The number of carbonyl (C=O) groups is 2. The van der Waals surface area contributed by atoms with Crippen LogP contribution >= 0.6 is 11.3 Å². The molecule has 4 rings (SSSR count). The minimum absolute atomic E-state index is 0.0496. The fraction of sp³-hybridized carbons (Fsp3) is 0.462. The van der Waals surface area contributed by atoms with Gasteiger partial charge in [-0.2, -0.15) is 0 Å². The quantitative estimate of drug-likeness (QED) is 0.380. The highest BCUT2D eigenvalue weighted by Gasteiger charge is 2.43. The van der Waals surface area contributed by atoms with Crippen molar-refractivity contribution in [2.24, 2.45) is 5.92 Å². The van der Waals surface area contributed by atoms with E-state index >= 15 is 0 Å². The van der Waals surface area contributed by atoms with Gasteiger partial charge in [0.2, 0.25) is 0 Å². The zero-order valence-electron chi connectivity index (χ0n) is 21.5. The highest BCUT2D eigenvalue weighted by atomic mass is 32.1. The molecule has 1 amide bonds. The van der Waals surface area contributed by atoms with Crippen LogP contribution in [0.1, 0.15) is 34.1 Å². The van der Waals surface area contributed by atoms with Gasteiger partial charge in [-0.05, 0) is 31.9 Å². The fourth-order valence-corrected chi connectivity index (χ4v) is 5.08. The molecule has 0 saturated carbocycles. The van der Waals surface area contributed by atoms with Crippen molar-refractivity contribution < 1.29 is 29.3 Å². The van der Waals surface area contributed by atoms with Crippen LogP contribution in [0.3, 0.4) is 0 Å². The molecule has 1 aliphatic rings. The van der Waals surface area contributed by atoms with Crippen LogP contribution < -0.4 is 14.8 Å². The van der Waals surface area contributed by atoms with E-state index in [0.29, 0.717) is 28.4 Å². The molecule has 1 saturated heterocycles. The minimum Gasteiger partial charge on any atom is -0.497 e. The average Bonchev–Trinajstić information content (AvgIpc) is 3.49. The number of thiazole rings is 1. The number of benzene rings is 1. The number of aliphatic hydroxyl groups is 1. The van der Waals surface area contributed by atoms with Gasteiger partial charge in [-0.25, -0.2) is 14.8 Å². The Morgan fingerprint density at radius 1 is 1.16 bits per heavy atom. The van der Waals surface area contributed by atoms with Crippen molar-refractivity contribution >= 4 is 39.2 Å². The molecule has 198 valence electrons. The first kappa shape index (κ1) is 26.6. The molecule has 0 radical (unpaired) electrons. The van der Waals surface area contributed by atoms with Gasteiger partial charge in [-0.1, -0.05) is 13.8 Å². The maximum absolute atomic E-state index is 12.8. The number of carboxylic acid groups (broad SMARTS) is 1. The number of nitrogens with zero attached hydrogens (tertiary/aromatic N) is 3. The van der Waals surface area contributed by atoms with Gasteiger partial charge in [0, 0.05) is 35.4 Å². The van der Waals surface area contributed by atoms with Crippen LogP contribution in [0.5, 0.6) is 11.5 Å². The molecule has 1 aromatic carbocycles. The Bertz CT molecular complexity index is 1290. The lowest BCUT2D eigenvalue weighted by molar-refractivity contribution is -0.153. The zero-order valence-corrected chi connectivity index (χ0v) is 22.3. The van der Waals surface area contributed by atoms with Crippen molar-refractivity contribution in [3.05, 3.63) is 29.6 Å². The number of ether oxygens (including phenoxy) is 2. The van der Waals surface area contributed by atoms with E-state index in [0.717, 1.165) is 10.5 Å². The third kappa shape index (κ3) is 5.78. The van der Waals surface area contributed by atoms with Gasteiger partial charge in [-0.15, -0.1) is 11.3 Å². The Hall–Kier alpha value is -3.44. The second-order valence-electron chi connectivity index (χ2n) is 9.73. The Morgan fingerprint density at radius 2 is 1.92 bits per heavy atom. The second-order valence-corrected chi connectivity index (χ2v) is 10.6. The number of hydrogen-bond acceptors (Lipinski definition) is 9. The highest BCUT2D eigenvalue weighted by Crippen LogP contribution is 2.35. The van der Waals surface area contributed by atoms with E-state index in [-0.39, 0.29) is 24.9 Å². The number of hydrogen-bond donors (Lipinski definition) is 3. The van der Waals surface area contributed by atoms with Crippen LogP contribution in [0.2, 0.25) is 0 Å². The number of rotatable bonds is 9. The van der Waals surface area contributed by atoms with E-state index in [9.17, 15) is 19.8 Å². The number of aliphatic hydroxyl groups excluding tert-OH is 1. The van der Waals surface area contributed by atoms with E-state index in [4.69, 9.17) is 14.5 Å². The van der Waals surface area contributed by atoms with E-state index < -0.39 is 30.1 Å². The lowest BCUT2D eigenvalue weighted by Crippen LogP contribution is -2.47. The minimum atomic E-state index is -1.28. The molecular weight excluding hydrogens is 496 g/mol. The van der Waals surface area contributed by atoms with Crippen LogP contribution in [0, 0.1) is 5.92 Å². The largest absolute Gasteiger partial charge is 0.497 e. The maximum Gasteiger partial charge on any atom is 0.326 e. The molecular formula is C26H32N4O6S. The summed E-state index contributed by atoms with van der Waals surface area (Å²) in [6.45, 7) is 7.54. The number of likely N-dealkylation sites (tertiary alicyclic amines) is 1. The van der Waals surface area contributed by atoms with Gasteiger partial charge in [-0.3, -0.25) is 4.79 Å². The van der Waals surface area contributed by atoms with Crippen molar-refractivity contribution in [2.45, 2.75) is 58.4 Å². The van der Waals surface area contributed by atoms with E-state index in [2.05, 4.69) is 10.3 Å². The van der Waals surface area contributed by atoms with E-state index in [1.54, 1.807) is 39.2 Å². The fourth-order valence-electron chi connectivity index (χ4n) is 4.23. The molecule has 1 fully saturated rings. The van der Waals surface area contributed by atoms with E-state index in [1.165, 1.54) is 16.2 Å². The van der Waals surface area contributed by atoms with Crippen molar-refractivity contribution in [1.29, 1.82) is 0 Å². The lowest BCUT2D eigenvalue weighted by atomic mass is 10.1. The predicted molar refractivity (Wildman–Crippen MR) is 141 cm³/mol. The van der Waals surface area contributed by atoms with Gasteiger partial charge >= 0.3 is 5.97 Å². The molecule has 0 spiro atoms. The molecule has 0 aliphatic carbocycles.